The molecule has 364 valence electrons. The molecule has 0 aliphatic heterocycles. The van der Waals surface area contributed by atoms with Crippen LogP contribution in [0, 0.1) is 0 Å². The molecule has 0 bridgehead atoms. The number of rotatable bonds is 47. The fourth-order valence-corrected chi connectivity index (χ4v) is 7.86. The summed E-state index contributed by atoms with van der Waals surface area (Å²) in [6.45, 7) is 6.33. The Hall–Kier alpha value is -2.70. The van der Waals surface area contributed by atoms with E-state index in [2.05, 4.69) is 62.5 Å². The van der Waals surface area contributed by atoms with Gasteiger partial charge in [-0.1, -0.05) is 241 Å². The van der Waals surface area contributed by atoms with Crippen LogP contribution in [0.15, 0.2) is 72.9 Å². The molecule has 0 rings (SSSR count). The van der Waals surface area contributed by atoms with Gasteiger partial charge in [0.2, 0.25) is 5.91 Å². The van der Waals surface area contributed by atoms with Crippen LogP contribution in [0.5, 0.6) is 0 Å². The summed E-state index contributed by atoms with van der Waals surface area (Å²) in [5, 5.41) is 23.8. The first-order valence-corrected chi connectivity index (χ1v) is 26.7. The van der Waals surface area contributed by atoms with Gasteiger partial charge in [-0.05, 0) is 70.6 Å². The predicted octanol–water partition coefficient (Wildman–Crippen LogP) is 16.2. The van der Waals surface area contributed by atoms with Gasteiger partial charge in [-0.25, -0.2) is 0 Å². The van der Waals surface area contributed by atoms with Gasteiger partial charge in [0, 0.05) is 6.42 Å². The van der Waals surface area contributed by atoms with Crippen molar-refractivity contribution in [1.82, 2.24) is 5.32 Å². The van der Waals surface area contributed by atoms with E-state index in [0.717, 1.165) is 83.5 Å². The van der Waals surface area contributed by atoms with Crippen molar-refractivity contribution in [2.45, 2.75) is 270 Å². The number of carbonyl (C=O) groups excluding carboxylic acids is 2. The van der Waals surface area contributed by atoms with Crippen molar-refractivity contribution in [2.75, 3.05) is 6.61 Å². The van der Waals surface area contributed by atoms with Crippen LogP contribution >= 0.6 is 0 Å². The van der Waals surface area contributed by atoms with Crippen molar-refractivity contribution in [3.63, 3.8) is 0 Å². The summed E-state index contributed by atoms with van der Waals surface area (Å²) in [7, 11) is 0. The smallest absolute Gasteiger partial charge is 0.306 e. The maximum Gasteiger partial charge on any atom is 0.306 e. The number of hydrogen-bond donors (Lipinski definition) is 3. The van der Waals surface area contributed by atoms with E-state index in [1.807, 2.05) is 36.5 Å². The largest absolute Gasteiger partial charge is 0.462 e. The number of hydrogen-bond acceptors (Lipinski definition) is 5. The van der Waals surface area contributed by atoms with Gasteiger partial charge in [-0.2, -0.15) is 0 Å². The number of aliphatic hydroxyl groups is 2. The van der Waals surface area contributed by atoms with Gasteiger partial charge in [-0.3, -0.25) is 9.59 Å². The second-order valence-electron chi connectivity index (χ2n) is 18.0. The molecule has 63 heavy (non-hydrogen) atoms. The molecule has 0 heterocycles. The Labute approximate surface area is 390 Å². The molecule has 0 saturated carbocycles. The first-order chi connectivity index (χ1) is 31.0. The van der Waals surface area contributed by atoms with Crippen LogP contribution in [0.3, 0.4) is 0 Å². The van der Waals surface area contributed by atoms with Gasteiger partial charge in [0.25, 0.3) is 0 Å². The zero-order valence-electron chi connectivity index (χ0n) is 41.4. The average Bonchev–Trinajstić information content (AvgIpc) is 3.28. The molecule has 0 spiro atoms. The van der Waals surface area contributed by atoms with E-state index in [1.165, 1.54) is 122 Å². The lowest BCUT2D eigenvalue weighted by atomic mass is 10.0. The van der Waals surface area contributed by atoms with Gasteiger partial charge in [0.05, 0.1) is 25.2 Å². The number of esters is 1. The van der Waals surface area contributed by atoms with Crippen molar-refractivity contribution in [3.05, 3.63) is 72.9 Å². The van der Waals surface area contributed by atoms with E-state index in [0.29, 0.717) is 19.3 Å². The minimum Gasteiger partial charge on any atom is -0.462 e. The number of aliphatic hydroxyl groups excluding tert-OH is 2. The standard InChI is InChI=1S/C57H101NO5/c1-4-7-10-13-16-19-22-25-27-29-31-33-36-39-42-45-48-53(63-57(62)50-47-44-41-38-35-32-28-26-23-20-17-14-11-8-5-2)51-56(61)58-54(52-59)55(60)49-46-43-40-37-34-30-24-21-18-15-12-9-6-3/h8,11,14,17,20,23,26,28,31-33,35,53-55,59-60H,4-7,9-10,12-13,15-16,18-19,21-22,24-25,27,29-30,34,36-52H2,1-3H3,(H,58,61)/b11-8+,17-14+,23-20-,28-26-,33-31+,35-32+. The number of unbranched alkanes of at least 4 members (excludes halogenated alkanes) is 27. The van der Waals surface area contributed by atoms with E-state index < -0.39 is 18.2 Å². The SMILES string of the molecule is CC/C=C/C=C/C=C\C=C/C=C/CCCCCC(=O)OC(CCCCC/C=C/CCCCCCCCCCC)CC(=O)NC(CO)C(O)CCCCCCCCCCCCCCC. The summed E-state index contributed by atoms with van der Waals surface area (Å²) in [5.41, 5.74) is 0. The van der Waals surface area contributed by atoms with E-state index in [9.17, 15) is 19.8 Å². The Morgan fingerprint density at radius 2 is 0.873 bits per heavy atom. The predicted molar refractivity (Wildman–Crippen MR) is 273 cm³/mol. The van der Waals surface area contributed by atoms with E-state index in [-0.39, 0.29) is 24.9 Å². The van der Waals surface area contributed by atoms with Crippen molar-refractivity contribution in [3.8, 4) is 0 Å². The summed E-state index contributed by atoms with van der Waals surface area (Å²) in [4.78, 5) is 26.2. The fraction of sp³-hybridized carbons (Fsp3) is 0.754. The summed E-state index contributed by atoms with van der Waals surface area (Å²) in [6, 6.07) is -0.718. The van der Waals surface area contributed by atoms with Crippen molar-refractivity contribution in [1.29, 1.82) is 0 Å². The first-order valence-electron chi connectivity index (χ1n) is 26.7. The van der Waals surface area contributed by atoms with Crippen LogP contribution < -0.4 is 5.32 Å². The van der Waals surface area contributed by atoms with Crippen LogP contribution in [-0.4, -0.2) is 46.9 Å². The Balaban J connectivity index is 4.69. The van der Waals surface area contributed by atoms with Crippen LogP contribution in [-0.2, 0) is 14.3 Å². The first kappa shape index (κ1) is 60.3. The second-order valence-corrected chi connectivity index (χ2v) is 18.0. The highest BCUT2D eigenvalue weighted by Gasteiger charge is 2.24. The molecule has 0 radical (unpaired) electrons. The Morgan fingerprint density at radius 3 is 1.37 bits per heavy atom. The number of allylic oxidation sites excluding steroid dienone is 12. The lowest BCUT2D eigenvalue weighted by Gasteiger charge is -2.24. The van der Waals surface area contributed by atoms with E-state index in [4.69, 9.17) is 4.74 Å². The highest BCUT2D eigenvalue weighted by atomic mass is 16.5. The maximum absolute atomic E-state index is 13.2. The Kier molecular flexibility index (Phi) is 48.1. The molecule has 3 atom stereocenters. The Bertz CT molecular complexity index is 1170. The lowest BCUT2D eigenvalue weighted by Crippen LogP contribution is -2.46. The Morgan fingerprint density at radius 1 is 0.476 bits per heavy atom. The van der Waals surface area contributed by atoms with Gasteiger partial charge in [0.1, 0.15) is 6.10 Å². The van der Waals surface area contributed by atoms with Crippen LogP contribution in [0.4, 0.5) is 0 Å². The molecular formula is C57H101NO5. The third-order valence-electron chi connectivity index (χ3n) is 11.9. The monoisotopic (exact) mass is 880 g/mol. The highest BCUT2D eigenvalue weighted by Crippen LogP contribution is 2.17. The number of amides is 1. The van der Waals surface area contributed by atoms with Gasteiger partial charge >= 0.3 is 5.97 Å². The molecule has 0 aromatic rings. The van der Waals surface area contributed by atoms with Gasteiger partial charge < -0.3 is 20.3 Å². The normalized spacial score (nSPS) is 13.8. The second kappa shape index (κ2) is 50.3. The van der Waals surface area contributed by atoms with Crippen molar-refractivity contribution >= 4 is 11.9 Å². The molecular weight excluding hydrogens is 779 g/mol. The van der Waals surface area contributed by atoms with E-state index >= 15 is 0 Å². The molecule has 0 saturated heterocycles. The summed E-state index contributed by atoms with van der Waals surface area (Å²) in [6.07, 6.45) is 63.9. The van der Waals surface area contributed by atoms with Gasteiger partial charge in [-0.15, -0.1) is 0 Å². The molecule has 0 aromatic carbocycles. The molecule has 6 nitrogen and oxygen atoms in total. The summed E-state index contributed by atoms with van der Waals surface area (Å²) in [5.74, 6) is -0.537. The number of carbonyl (C=O) groups is 2. The molecule has 0 aliphatic rings. The quantitative estimate of drug-likeness (QED) is 0.0245. The molecule has 6 heteroatoms. The molecule has 3 N–H and O–H groups in total. The fourth-order valence-electron chi connectivity index (χ4n) is 7.86. The van der Waals surface area contributed by atoms with Crippen LogP contribution in [0.1, 0.15) is 252 Å². The molecule has 0 fully saturated rings. The summed E-state index contributed by atoms with van der Waals surface area (Å²) < 4.78 is 5.92. The van der Waals surface area contributed by atoms with Crippen LogP contribution in [0.25, 0.3) is 0 Å². The van der Waals surface area contributed by atoms with Crippen LogP contribution in [0.2, 0.25) is 0 Å². The van der Waals surface area contributed by atoms with Crippen molar-refractivity contribution in [2.24, 2.45) is 0 Å². The summed E-state index contributed by atoms with van der Waals surface area (Å²) >= 11 is 0. The highest BCUT2D eigenvalue weighted by molar-refractivity contribution is 5.77. The number of ether oxygens (including phenoxy) is 1. The third kappa shape index (κ3) is 45.7. The molecule has 0 aliphatic carbocycles. The lowest BCUT2D eigenvalue weighted by molar-refractivity contribution is -0.151. The average molecular weight is 880 g/mol. The topological polar surface area (TPSA) is 95.9 Å². The molecule has 1 amide bonds. The number of nitrogens with one attached hydrogen (secondary N) is 1. The van der Waals surface area contributed by atoms with Gasteiger partial charge in [0.15, 0.2) is 0 Å². The van der Waals surface area contributed by atoms with E-state index in [1.54, 1.807) is 0 Å². The zero-order valence-corrected chi connectivity index (χ0v) is 41.4. The maximum atomic E-state index is 13.2. The van der Waals surface area contributed by atoms with Crippen molar-refractivity contribution < 1.29 is 24.5 Å². The third-order valence-corrected chi connectivity index (χ3v) is 11.9. The minimum atomic E-state index is -0.802. The molecule has 3 unspecified atom stereocenters. The molecule has 0 aromatic heterocycles. The zero-order chi connectivity index (χ0) is 45.9. The minimum absolute atomic E-state index is 0.0477.